The van der Waals surface area contributed by atoms with Crippen molar-refractivity contribution in [3.63, 3.8) is 0 Å². The van der Waals surface area contributed by atoms with Gasteiger partial charge in [-0.05, 0) is 18.2 Å². The van der Waals surface area contributed by atoms with Gasteiger partial charge in [0.25, 0.3) is 11.8 Å². The zero-order valence-corrected chi connectivity index (χ0v) is 9.57. The normalized spacial score (nSPS) is 21.9. The fraction of sp³-hybridized carbons (Fsp3) is 0.333. The number of benzene rings is 1. The minimum atomic E-state index is -2.89. The highest BCUT2D eigenvalue weighted by atomic mass is 19.3. The topological polar surface area (TPSA) is 75.6 Å². The first kappa shape index (κ1) is 11.9. The number of carbonyl (C=O) groups excluding carboxylic acids is 1. The number of fused-ring (bicyclic) bond motifs is 1. The third-order valence-electron chi connectivity index (χ3n) is 3.28. The van der Waals surface area contributed by atoms with Gasteiger partial charge in [-0.1, -0.05) is 0 Å². The van der Waals surface area contributed by atoms with Crippen LogP contribution in [-0.2, 0) is 4.79 Å². The lowest BCUT2D eigenvalue weighted by Crippen LogP contribution is -2.63. The first-order valence-electron chi connectivity index (χ1n) is 5.57. The number of anilines is 1. The average Bonchev–Trinajstić information content (AvgIpc) is 2.27. The molecule has 100 valence electrons. The van der Waals surface area contributed by atoms with Gasteiger partial charge in [0.15, 0.2) is 5.60 Å². The quantitative estimate of drug-likeness (QED) is 0.816. The fourth-order valence-corrected chi connectivity index (χ4v) is 2.36. The molecule has 1 saturated carbocycles. The van der Waals surface area contributed by atoms with Crippen molar-refractivity contribution >= 4 is 17.6 Å². The van der Waals surface area contributed by atoms with E-state index in [0.29, 0.717) is 0 Å². The Morgan fingerprint density at radius 2 is 2.05 bits per heavy atom. The van der Waals surface area contributed by atoms with Crippen LogP contribution in [-0.4, -0.2) is 28.5 Å². The van der Waals surface area contributed by atoms with Gasteiger partial charge in [-0.25, -0.2) is 13.6 Å². The summed E-state index contributed by atoms with van der Waals surface area (Å²) in [5, 5.41) is 11.3. The maximum atomic E-state index is 12.9. The Morgan fingerprint density at radius 1 is 1.37 bits per heavy atom. The summed E-state index contributed by atoms with van der Waals surface area (Å²) in [5.74, 6) is -4.49. The number of alkyl halides is 2. The summed E-state index contributed by atoms with van der Waals surface area (Å²) >= 11 is 0. The third-order valence-corrected chi connectivity index (χ3v) is 3.28. The van der Waals surface area contributed by atoms with Gasteiger partial charge in [-0.2, -0.15) is 0 Å². The Bertz CT molecular complexity index is 591. The van der Waals surface area contributed by atoms with Crippen molar-refractivity contribution in [1.82, 2.24) is 0 Å². The maximum Gasteiger partial charge on any atom is 0.335 e. The highest BCUT2D eigenvalue weighted by Gasteiger charge is 2.64. The van der Waals surface area contributed by atoms with E-state index in [0.717, 1.165) is 0 Å². The standard InChI is InChI=1S/C12H9F2NO4/c13-12(14)4-11(5-12)10(18)15-7-3-6(9(16)17)1-2-8(7)19-11/h1-3H,4-5H2,(H,15,18)(H,16,17). The first-order valence-corrected chi connectivity index (χ1v) is 5.57. The monoisotopic (exact) mass is 269 g/mol. The molecule has 1 aliphatic carbocycles. The van der Waals surface area contributed by atoms with Crippen molar-refractivity contribution in [3.8, 4) is 5.75 Å². The number of amides is 1. The van der Waals surface area contributed by atoms with Crippen molar-refractivity contribution in [2.24, 2.45) is 0 Å². The van der Waals surface area contributed by atoms with Gasteiger partial charge in [0.1, 0.15) is 5.75 Å². The molecule has 0 unspecified atom stereocenters. The van der Waals surface area contributed by atoms with E-state index in [4.69, 9.17) is 9.84 Å². The Labute approximate surface area is 106 Å². The lowest BCUT2D eigenvalue weighted by molar-refractivity contribution is -0.196. The van der Waals surface area contributed by atoms with Gasteiger partial charge < -0.3 is 15.2 Å². The van der Waals surface area contributed by atoms with Gasteiger partial charge in [-0.15, -0.1) is 0 Å². The Kier molecular flexibility index (Phi) is 2.15. The molecule has 1 fully saturated rings. The first-order chi connectivity index (χ1) is 8.81. The van der Waals surface area contributed by atoms with E-state index in [1.165, 1.54) is 18.2 Å². The third kappa shape index (κ3) is 1.73. The van der Waals surface area contributed by atoms with Gasteiger partial charge in [0.05, 0.1) is 24.1 Å². The van der Waals surface area contributed by atoms with Crippen LogP contribution in [0.3, 0.4) is 0 Å². The number of carboxylic acid groups (broad SMARTS) is 1. The second-order valence-electron chi connectivity index (χ2n) is 4.78. The number of ether oxygens (including phenoxy) is 1. The number of rotatable bonds is 1. The molecule has 1 amide bonds. The largest absolute Gasteiger partial charge is 0.478 e. The minimum Gasteiger partial charge on any atom is -0.478 e. The van der Waals surface area contributed by atoms with Crippen LogP contribution in [0.25, 0.3) is 0 Å². The molecule has 1 spiro atoms. The van der Waals surface area contributed by atoms with E-state index in [1.807, 2.05) is 0 Å². The minimum absolute atomic E-state index is 0.0162. The van der Waals surface area contributed by atoms with Crippen molar-refractivity contribution in [1.29, 1.82) is 0 Å². The summed E-state index contributed by atoms with van der Waals surface area (Å²) in [6, 6.07) is 3.89. The van der Waals surface area contributed by atoms with E-state index >= 15 is 0 Å². The number of aromatic carboxylic acids is 1. The molecule has 19 heavy (non-hydrogen) atoms. The molecule has 0 bridgehead atoms. The number of hydrogen-bond donors (Lipinski definition) is 2. The van der Waals surface area contributed by atoms with E-state index < -0.39 is 36.2 Å². The predicted octanol–water partition coefficient (Wildman–Crippen LogP) is 1.88. The highest BCUT2D eigenvalue weighted by Crippen LogP contribution is 2.51. The summed E-state index contributed by atoms with van der Waals surface area (Å²) in [4.78, 5) is 22.6. The molecule has 0 aromatic heterocycles. The van der Waals surface area contributed by atoms with Gasteiger partial charge >= 0.3 is 5.97 Å². The summed E-state index contributed by atoms with van der Waals surface area (Å²) in [5.41, 5.74) is -1.36. The van der Waals surface area contributed by atoms with Crippen LogP contribution in [0.15, 0.2) is 18.2 Å². The van der Waals surface area contributed by atoms with Crippen LogP contribution in [0.5, 0.6) is 5.75 Å². The van der Waals surface area contributed by atoms with E-state index in [9.17, 15) is 18.4 Å². The predicted molar refractivity (Wildman–Crippen MR) is 59.6 cm³/mol. The lowest BCUT2D eigenvalue weighted by atomic mass is 9.75. The Morgan fingerprint density at radius 3 is 2.63 bits per heavy atom. The van der Waals surface area contributed by atoms with Crippen molar-refractivity contribution in [2.75, 3.05) is 5.32 Å². The molecular formula is C12H9F2NO4. The molecule has 0 radical (unpaired) electrons. The molecule has 1 aromatic rings. The summed E-state index contributed by atoms with van der Waals surface area (Å²) in [6.45, 7) is 0. The molecule has 1 heterocycles. The van der Waals surface area contributed by atoms with Crippen LogP contribution in [0.4, 0.5) is 14.5 Å². The number of halogens is 2. The molecule has 3 rings (SSSR count). The number of nitrogens with one attached hydrogen (secondary N) is 1. The van der Waals surface area contributed by atoms with E-state index in [-0.39, 0.29) is 17.0 Å². The van der Waals surface area contributed by atoms with E-state index in [2.05, 4.69) is 5.32 Å². The summed E-state index contributed by atoms with van der Waals surface area (Å²) in [7, 11) is 0. The molecule has 7 heteroatoms. The summed E-state index contributed by atoms with van der Waals surface area (Å²) in [6.07, 6.45) is -1.32. The fourth-order valence-electron chi connectivity index (χ4n) is 2.36. The molecule has 5 nitrogen and oxygen atoms in total. The van der Waals surface area contributed by atoms with Crippen LogP contribution in [0.2, 0.25) is 0 Å². The van der Waals surface area contributed by atoms with E-state index in [1.54, 1.807) is 0 Å². The molecule has 1 aliphatic heterocycles. The smallest absolute Gasteiger partial charge is 0.335 e. The zero-order chi connectivity index (χ0) is 13.8. The van der Waals surface area contributed by atoms with Crippen LogP contribution in [0.1, 0.15) is 23.2 Å². The summed E-state index contributed by atoms with van der Waals surface area (Å²) < 4.78 is 31.3. The maximum absolute atomic E-state index is 12.9. The van der Waals surface area contributed by atoms with Crippen molar-refractivity contribution in [3.05, 3.63) is 23.8 Å². The number of carboxylic acids is 1. The average molecular weight is 269 g/mol. The number of carbonyl (C=O) groups is 2. The zero-order valence-electron chi connectivity index (χ0n) is 9.57. The Hall–Kier alpha value is -2.18. The van der Waals surface area contributed by atoms with Crippen molar-refractivity contribution < 1.29 is 28.2 Å². The highest BCUT2D eigenvalue weighted by molar-refractivity contribution is 6.02. The second kappa shape index (κ2) is 3.43. The van der Waals surface area contributed by atoms with Gasteiger partial charge in [0.2, 0.25) is 0 Å². The molecule has 1 aromatic carbocycles. The molecule has 0 saturated heterocycles. The van der Waals surface area contributed by atoms with Gasteiger partial charge in [0, 0.05) is 0 Å². The van der Waals surface area contributed by atoms with Gasteiger partial charge in [-0.3, -0.25) is 4.79 Å². The molecule has 0 atom stereocenters. The van der Waals surface area contributed by atoms with Crippen LogP contribution < -0.4 is 10.1 Å². The van der Waals surface area contributed by atoms with Crippen LogP contribution in [0, 0.1) is 0 Å². The SMILES string of the molecule is O=C(O)c1ccc2c(c1)NC(=O)C1(CC(F)(F)C1)O2. The number of hydrogen-bond acceptors (Lipinski definition) is 3. The second-order valence-corrected chi connectivity index (χ2v) is 4.78. The lowest BCUT2D eigenvalue weighted by Gasteiger charge is -2.47. The molecular weight excluding hydrogens is 260 g/mol. The Balaban J connectivity index is 1.93. The van der Waals surface area contributed by atoms with Crippen LogP contribution >= 0.6 is 0 Å². The molecule has 2 N–H and O–H groups in total. The molecule has 2 aliphatic rings. The van der Waals surface area contributed by atoms with Crippen molar-refractivity contribution in [2.45, 2.75) is 24.4 Å².